The Morgan fingerprint density at radius 3 is 2.17 bits per heavy atom. The van der Waals surface area contributed by atoms with Gasteiger partial charge in [-0.15, -0.1) is 0 Å². The fraction of sp³-hybridized carbons (Fsp3) is 1.00. The van der Waals surface area contributed by atoms with E-state index in [1.165, 1.54) is 71.2 Å². The van der Waals surface area contributed by atoms with Gasteiger partial charge in [-0.1, -0.05) is 0 Å². The second-order valence-corrected chi connectivity index (χ2v) is 6.72. The van der Waals surface area contributed by atoms with E-state index >= 15 is 0 Å². The van der Waals surface area contributed by atoms with Crippen LogP contribution in [0.1, 0.15) is 38.5 Å². The Kier molecular flexibility index (Phi) is 4.22. The molecule has 3 N–H and O–H groups in total. The van der Waals surface area contributed by atoms with Crippen LogP contribution in [-0.2, 0) is 0 Å². The predicted octanol–water partition coefficient (Wildman–Crippen LogP) is 1.44. The first-order chi connectivity index (χ1) is 8.83. The third kappa shape index (κ3) is 3.69. The Balaban J connectivity index is 1.27. The van der Waals surface area contributed by atoms with Crippen LogP contribution < -0.4 is 11.1 Å². The molecule has 0 bridgehead atoms. The Morgan fingerprint density at radius 1 is 1.00 bits per heavy atom. The van der Waals surface area contributed by atoms with Crippen LogP contribution in [0.2, 0.25) is 0 Å². The molecule has 0 unspecified atom stereocenters. The van der Waals surface area contributed by atoms with Crippen molar-refractivity contribution in [3.8, 4) is 0 Å². The fourth-order valence-corrected chi connectivity index (χ4v) is 3.45. The number of rotatable bonds is 7. The first-order valence-corrected chi connectivity index (χ1v) is 8.01. The molecule has 2 aliphatic carbocycles. The normalized spacial score (nSPS) is 27.0. The monoisotopic (exact) mass is 251 g/mol. The number of hydrogen-bond donors (Lipinski definition) is 2. The third-order valence-corrected chi connectivity index (χ3v) is 5.07. The van der Waals surface area contributed by atoms with Crippen molar-refractivity contribution in [3.05, 3.63) is 0 Å². The summed E-state index contributed by atoms with van der Waals surface area (Å²) in [5.74, 6) is 3.18. The van der Waals surface area contributed by atoms with E-state index in [4.69, 9.17) is 5.73 Å². The summed E-state index contributed by atoms with van der Waals surface area (Å²) in [6, 6.07) is 0.461. The smallest absolute Gasteiger partial charge is 0.0107 e. The standard InChI is InChI=1S/C15H29N3/c16-14-5-8-18(9-6-14)10-7-17-11-15(12-1-2-12)13-3-4-13/h12-15,17H,1-11,16H2. The molecule has 3 nitrogen and oxygen atoms in total. The summed E-state index contributed by atoms with van der Waals surface area (Å²) in [6.45, 7) is 6.08. The van der Waals surface area contributed by atoms with Crippen LogP contribution in [0.25, 0.3) is 0 Å². The fourth-order valence-electron chi connectivity index (χ4n) is 3.45. The van der Waals surface area contributed by atoms with Gasteiger partial charge in [-0.2, -0.15) is 0 Å². The maximum atomic E-state index is 5.93. The molecule has 0 aromatic heterocycles. The lowest BCUT2D eigenvalue weighted by molar-refractivity contribution is 0.211. The maximum Gasteiger partial charge on any atom is 0.0107 e. The molecule has 0 amide bonds. The first kappa shape index (κ1) is 12.9. The maximum absolute atomic E-state index is 5.93. The minimum absolute atomic E-state index is 0.461. The summed E-state index contributed by atoms with van der Waals surface area (Å²) in [5, 5.41) is 3.71. The Morgan fingerprint density at radius 2 is 1.61 bits per heavy atom. The van der Waals surface area contributed by atoms with Gasteiger partial charge in [-0.3, -0.25) is 0 Å². The summed E-state index contributed by atoms with van der Waals surface area (Å²) in [5.41, 5.74) is 5.93. The average Bonchev–Trinajstić information content (AvgIpc) is 3.25. The lowest BCUT2D eigenvalue weighted by atomic mass is 9.98. The molecule has 0 radical (unpaired) electrons. The van der Waals surface area contributed by atoms with E-state index < -0.39 is 0 Å². The molecule has 0 aromatic rings. The van der Waals surface area contributed by atoms with Gasteiger partial charge < -0.3 is 16.0 Å². The highest BCUT2D eigenvalue weighted by Crippen LogP contribution is 2.48. The van der Waals surface area contributed by atoms with Crippen molar-refractivity contribution in [2.24, 2.45) is 23.5 Å². The zero-order chi connectivity index (χ0) is 12.4. The average molecular weight is 251 g/mol. The zero-order valence-electron chi connectivity index (χ0n) is 11.6. The van der Waals surface area contributed by atoms with Crippen molar-refractivity contribution < 1.29 is 0 Å². The van der Waals surface area contributed by atoms with Gasteiger partial charge in [0, 0.05) is 19.1 Å². The molecule has 0 aromatic carbocycles. The van der Waals surface area contributed by atoms with Gasteiger partial charge in [0.1, 0.15) is 0 Å². The van der Waals surface area contributed by atoms with Crippen LogP contribution in [0, 0.1) is 17.8 Å². The van der Waals surface area contributed by atoms with Crippen LogP contribution >= 0.6 is 0 Å². The van der Waals surface area contributed by atoms with Gasteiger partial charge in [0.15, 0.2) is 0 Å². The molecular weight excluding hydrogens is 222 g/mol. The minimum Gasteiger partial charge on any atom is -0.328 e. The van der Waals surface area contributed by atoms with E-state index in [1.54, 1.807) is 0 Å². The van der Waals surface area contributed by atoms with Crippen LogP contribution in [0.15, 0.2) is 0 Å². The predicted molar refractivity (Wildman–Crippen MR) is 75.5 cm³/mol. The van der Waals surface area contributed by atoms with Gasteiger partial charge in [-0.25, -0.2) is 0 Å². The van der Waals surface area contributed by atoms with E-state index in [1.807, 2.05) is 0 Å². The molecule has 0 atom stereocenters. The quantitative estimate of drug-likeness (QED) is 0.673. The topological polar surface area (TPSA) is 41.3 Å². The van der Waals surface area contributed by atoms with Crippen molar-refractivity contribution in [3.63, 3.8) is 0 Å². The zero-order valence-corrected chi connectivity index (χ0v) is 11.6. The summed E-state index contributed by atoms with van der Waals surface area (Å²) >= 11 is 0. The molecule has 0 spiro atoms. The van der Waals surface area contributed by atoms with Crippen LogP contribution in [0.5, 0.6) is 0 Å². The van der Waals surface area contributed by atoms with Gasteiger partial charge in [0.25, 0.3) is 0 Å². The number of nitrogens with zero attached hydrogens (tertiary/aromatic N) is 1. The molecule has 18 heavy (non-hydrogen) atoms. The van der Waals surface area contributed by atoms with Crippen molar-refractivity contribution in [1.29, 1.82) is 0 Å². The summed E-state index contributed by atoms with van der Waals surface area (Å²) in [7, 11) is 0. The highest BCUT2D eigenvalue weighted by Gasteiger charge is 2.40. The number of hydrogen-bond acceptors (Lipinski definition) is 3. The Hall–Kier alpha value is -0.120. The lowest BCUT2D eigenvalue weighted by Gasteiger charge is -2.30. The Bertz CT molecular complexity index is 240. The highest BCUT2D eigenvalue weighted by molar-refractivity contribution is 4.92. The second kappa shape index (κ2) is 5.89. The summed E-state index contributed by atoms with van der Waals surface area (Å²) in [6.07, 6.45) is 8.40. The van der Waals surface area contributed by atoms with E-state index in [0.29, 0.717) is 6.04 Å². The van der Waals surface area contributed by atoms with E-state index in [-0.39, 0.29) is 0 Å². The molecular formula is C15H29N3. The van der Waals surface area contributed by atoms with Crippen molar-refractivity contribution in [2.75, 3.05) is 32.7 Å². The van der Waals surface area contributed by atoms with Gasteiger partial charge >= 0.3 is 0 Å². The molecule has 104 valence electrons. The van der Waals surface area contributed by atoms with Crippen molar-refractivity contribution >= 4 is 0 Å². The first-order valence-electron chi connectivity index (χ1n) is 8.01. The van der Waals surface area contributed by atoms with Crippen molar-refractivity contribution in [1.82, 2.24) is 10.2 Å². The summed E-state index contributed by atoms with van der Waals surface area (Å²) < 4.78 is 0. The molecule has 3 heteroatoms. The minimum atomic E-state index is 0.461. The molecule has 1 aliphatic heterocycles. The SMILES string of the molecule is NC1CCN(CCNCC(C2CC2)C2CC2)CC1. The van der Waals surface area contributed by atoms with E-state index in [2.05, 4.69) is 10.2 Å². The molecule has 3 rings (SSSR count). The van der Waals surface area contributed by atoms with Gasteiger partial charge in [0.05, 0.1) is 0 Å². The van der Waals surface area contributed by atoms with E-state index in [0.717, 1.165) is 17.8 Å². The molecule has 1 saturated heterocycles. The van der Waals surface area contributed by atoms with Crippen LogP contribution in [0.4, 0.5) is 0 Å². The molecule has 3 fully saturated rings. The number of likely N-dealkylation sites (tertiary alicyclic amines) is 1. The van der Waals surface area contributed by atoms with Crippen LogP contribution in [-0.4, -0.2) is 43.7 Å². The number of nitrogens with one attached hydrogen (secondary N) is 1. The third-order valence-electron chi connectivity index (χ3n) is 5.07. The molecule has 1 heterocycles. The van der Waals surface area contributed by atoms with Crippen LogP contribution in [0.3, 0.4) is 0 Å². The number of piperidine rings is 1. The second-order valence-electron chi connectivity index (χ2n) is 6.72. The summed E-state index contributed by atoms with van der Waals surface area (Å²) in [4.78, 5) is 2.57. The number of nitrogens with two attached hydrogens (primary N) is 1. The highest BCUT2D eigenvalue weighted by atomic mass is 15.1. The lowest BCUT2D eigenvalue weighted by Crippen LogP contribution is -2.42. The van der Waals surface area contributed by atoms with Gasteiger partial charge in [-0.05, 0) is 75.9 Å². The largest absolute Gasteiger partial charge is 0.328 e. The Labute approximate surface area is 111 Å². The van der Waals surface area contributed by atoms with E-state index in [9.17, 15) is 0 Å². The van der Waals surface area contributed by atoms with Gasteiger partial charge in [0.2, 0.25) is 0 Å². The molecule has 2 saturated carbocycles. The van der Waals surface area contributed by atoms with Crippen molar-refractivity contribution in [2.45, 2.75) is 44.6 Å². The molecule has 3 aliphatic rings.